The van der Waals surface area contributed by atoms with E-state index in [-0.39, 0.29) is 26.0 Å². The first kappa shape index (κ1) is 37.5. The normalized spacial score (nSPS) is 12.0. The minimum Gasteiger partial charge on any atom is -0.493 e. The minimum atomic E-state index is -0.640. The number of alkyl carbamates (subject to hydrolysis) is 1. The molecular formula is C38H51N3O5S. The third kappa shape index (κ3) is 11.1. The molecule has 4 N–H and O–H groups in total. The second-order valence-corrected chi connectivity index (χ2v) is 13.0. The molecule has 0 bridgehead atoms. The lowest BCUT2D eigenvalue weighted by molar-refractivity contribution is -0.122. The summed E-state index contributed by atoms with van der Waals surface area (Å²) < 4.78 is 18.0. The Balaban J connectivity index is 0.00000600. The van der Waals surface area contributed by atoms with Crippen LogP contribution >= 0.6 is 13.5 Å². The van der Waals surface area contributed by atoms with E-state index >= 15 is 0 Å². The number of unbranched alkanes of at least 4 members (excludes halogenated alkanes) is 1. The van der Waals surface area contributed by atoms with Crippen LogP contribution in [0.25, 0.3) is 32.7 Å². The number of carbonyl (C=O) groups excluding carboxylic acids is 2. The molecule has 1 atom stereocenters. The Hall–Kier alpha value is -3.95. The molecule has 9 heteroatoms. The van der Waals surface area contributed by atoms with Crippen molar-refractivity contribution in [3.63, 3.8) is 0 Å². The van der Waals surface area contributed by atoms with E-state index < -0.39 is 17.7 Å². The zero-order valence-electron chi connectivity index (χ0n) is 28.4. The topological polar surface area (TPSA) is 112 Å². The number of rotatable bonds is 15. The van der Waals surface area contributed by atoms with Crippen molar-refractivity contribution in [2.24, 2.45) is 11.7 Å². The molecular weight excluding hydrogens is 611 g/mol. The first-order chi connectivity index (χ1) is 22.0. The number of benzene rings is 4. The molecule has 0 heterocycles. The molecule has 4 aromatic carbocycles. The smallest absolute Gasteiger partial charge is 0.407 e. The molecule has 0 unspecified atom stereocenters. The second-order valence-electron chi connectivity index (χ2n) is 13.0. The molecule has 47 heavy (non-hydrogen) atoms. The second kappa shape index (κ2) is 17.8. The lowest BCUT2D eigenvalue weighted by atomic mass is 9.92. The maximum atomic E-state index is 12.7. The van der Waals surface area contributed by atoms with Crippen LogP contribution in [0.1, 0.15) is 60.3 Å². The molecule has 8 nitrogen and oxygen atoms in total. The lowest BCUT2D eigenvalue weighted by Crippen LogP contribution is -2.42. The Morgan fingerprint density at radius 3 is 1.83 bits per heavy atom. The fourth-order valence-electron chi connectivity index (χ4n) is 5.26. The highest BCUT2D eigenvalue weighted by Gasteiger charge is 2.20. The summed E-state index contributed by atoms with van der Waals surface area (Å²) in [5, 5.41) is 10.0. The van der Waals surface area contributed by atoms with Crippen LogP contribution in [0.2, 0.25) is 0 Å². The maximum Gasteiger partial charge on any atom is 0.407 e. The molecule has 0 aliphatic rings. The Bertz CT molecular complexity index is 1620. The molecule has 4 aromatic rings. The first-order valence-electron chi connectivity index (χ1n) is 16.3. The van der Waals surface area contributed by atoms with E-state index in [2.05, 4.69) is 66.9 Å². The summed E-state index contributed by atoms with van der Waals surface area (Å²) in [4.78, 5) is 24.5. The highest BCUT2D eigenvalue weighted by molar-refractivity contribution is 7.59. The van der Waals surface area contributed by atoms with Crippen LogP contribution < -0.4 is 25.8 Å². The van der Waals surface area contributed by atoms with Crippen molar-refractivity contribution in [1.29, 1.82) is 0 Å². The van der Waals surface area contributed by atoms with Crippen molar-refractivity contribution in [2.45, 2.75) is 71.9 Å². The number of fused-ring (bicyclic) bond motifs is 2. The molecule has 0 aliphatic heterocycles. The molecule has 0 aliphatic carbocycles. The fourth-order valence-corrected chi connectivity index (χ4v) is 5.26. The Morgan fingerprint density at radius 1 is 0.723 bits per heavy atom. The molecule has 2 amide bonds. The summed E-state index contributed by atoms with van der Waals surface area (Å²) in [5.74, 6) is 1.85. The van der Waals surface area contributed by atoms with Crippen LogP contribution in [-0.2, 0) is 9.53 Å². The predicted molar refractivity (Wildman–Crippen MR) is 197 cm³/mol. The highest BCUT2D eigenvalue weighted by atomic mass is 32.1. The van der Waals surface area contributed by atoms with Gasteiger partial charge in [-0.15, -0.1) is 0 Å². The van der Waals surface area contributed by atoms with Crippen LogP contribution in [0.5, 0.6) is 11.5 Å². The van der Waals surface area contributed by atoms with Crippen LogP contribution in [0.15, 0.2) is 72.8 Å². The maximum absolute atomic E-state index is 12.7. The quantitative estimate of drug-likeness (QED) is 0.113. The van der Waals surface area contributed by atoms with Crippen LogP contribution in [0, 0.1) is 5.92 Å². The van der Waals surface area contributed by atoms with Crippen LogP contribution in [0.3, 0.4) is 0 Å². The Kier molecular flexibility index (Phi) is 14.2. The SMILES string of the molecule is CC(C)CCOc1ccc2ccccc2c1-c1c(OCCNC(=O)[C@H](N)CCCCNC(=O)OC(C)(C)C)ccc2ccccc12.S. The predicted octanol–water partition coefficient (Wildman–Crippen LogP) is 7.72. The van der Waals surface area contributed by atoms with Crippen molar-refractivity contribution < 1.29 is 23.8 Å². The van der Waals surface area contributed by atoms with Crippen molar-refractivity contribution in [3.05, 3.63) is 72.8 Å². The summed E-state index contributed by atoms with van der Waals surface area (Å²) >= 11 is 0. The number of nitrogens with one attached hydrogen (secondary N) is 2. The van der Waals surface area contributed by atoms with Gasteiger partial charge >= 0.3 is 6.09 Å². The fraction of sp³-hybridized carbons (Fsp3) is 0.421. The molecule has 0 spiro atoms. The van der Waals surface area contributed by atoms with Crippen LogP contribution in [-0.4, -0.2) is 49.9 Å². The van der Waals surface area contributed by atoms with E-state index in [1.54, 1.807) is 0 Å². The Morgan fingerprint density at radius 2 is 1.28 bits per heavy atom. The summed E-state index contributed by atoms with van der Waals surface area (Å²) in [5.41, 5.74) is 7.58. The number of hydrogen-bond acceptors (Lipinski definition) is 6. The minimum absolute atomic E-state index is 0. The van der Waals surface area contributed by atoms with E-state index in [9.17, 15) is 9.59 Å². The number of nitrogens with two attached hydrogens (primary N) is 1. The van der Waals surface area contributed by atoms with E-state index in [1.807, 2.05) is 51.1 Å². The Labute approximate surface area is 286 Å². The molecule has 0 fully saturated rings. The monoisotopic (exact) mass is 661 g/mol. The van der Waals surface area contributed by atoms with E-state index in [0.29, 0.717) is 44.9 Å². The first-order valence-corrected chi connectivity index (χ1v) is 16.3. The highest BCUT2D eigenvalue weighted by Crippen LogP contribution is 2.45. The summed E-state index contributed by atoms with van der Waals surface area (Å²) in [6.45, 7) is 11.5. The van der Waals surface area contributed by atoms with E-state index in [4.69, 9.17) is 19.9 Å². The van der Waals surface area contributed by atoms with Gasteiger partial charge in [-0.2, -0.15) is 13.5 Å². The van der Waals surface area contributed by atoms with E-state index in [1.165, 1.54) is 0 Å². The molecule has 254 valence electrons. The molecule has 0 radical (unpaired) electrons. The number of hydrogen-bond donors (Lipinski definition) is 3. The molecule has 0 aromatic heterocycles. The van der Waals surface area contributed by atoms with Gasteiger partial charge in [0, 0.05) is 17.7 Å². The van der Waals surface area contributed by atoms with Crippen molar-refractivity contribution in [1.82, 2.24) is 10.6 Å². The molecule has 4 rings (SSSR count). The van der Waals surface area contributed by atoms with Crippen molar-refractivity contribution in [2.75, 3.05) is 26.3 Å². The van der Waals surface area contributed by atoms with Crippen LogP contribution in [0.4, 0.5) is 4.79 Å². The lowest BCUT2D eigenvalue weighted by Gasteiger charge is -2.20. The van der Waals surface area contributed by atoms with Gasteiger partial charge in [0.1, 0.15) is 23.7 Å². The molecule has 0 saturated heterocycles. The summed E-state index contributed by atoms with van der Waals surface area (Å²) in [6, 6.07) is 24.2. The van der Waals surface area contributed by atoms with Gasteiger partial charge in [-0.1, -0.05) is 74.5 Å². The van der Waals surface area contributed by atoms with Gasteiger partial charge in [0.05, 0.1) is 19.2 Å². The standard InChI is InChI=1S/C38H49N3O5.H2S/c1-26(2)21-24-44-32-19-17-27-12-6-8-14-29(27)34(32)35-30-15-9-7-13-28(30)18-20-33(35)45-25-23-40-36(42)31(39)16-10-11-22-41-37(43)46-38(3,4)5;/h6-9,12-15,17-20,26,31H,10-11,16,21-25,39H2,1-5H3,(H,40,42)(H,41,43);1H2/t31-;/m1./s1. The zero-order valence-corrected chi connectivity index (χ0v) is 29.4. The van der Waals surface area contributed by atoms with Gasteiger partial charge in [-0.3, -0.25) is 4.79 Å². The third-order valence-corrected chi connectivity index (χ3v) is 7.59. The molecule has 0 saturated carbocycles. The number of carbonyl (C=O) groups is 2. The average molecular weight is 662 g/mol. The van der Waals surface area contributed by atoms with Crippen molar-refractivity contribution >= 4 is 47.0 Å². The summed E-state index contributed by atoms with van der Waals surface area (Å²) in [6.07, 6.45) is 2.42. The summed E-state index contributed by atoms with van der Waals surface area (Å²) in [7, 11) is 0. The van der Waals surface area contributed by atoms with Gasteiger partial charge in [-0.05, 0) is 86.1 Å². The number of ether oxygens (including phenoxy) is 3. The van der Waals surface area contributed by atoms with Crippen molar-refractivity contribution in [3.8, 4) is 22.6 Å². The third-order valence-electron chi connectivity index (χ3n) is 7.59. The largest absolute Gasteiger partial charge is 0.493 e. The van der Waals surface area contributed by atoms with Gasteiger partial charge in [0.2, 0.25) is 5.91 Å². The van der Waals surface area contributed by atoms with Gasteiger partial charge < -0.3 is 30.6 Å². The van der Waals surface area contributed by atoms with Gasteiger partial charge in [0.15, 0.2) is 0 Å². The van der Waals surface area contributed by atoms with Gasteiger partial charge in [-0.25, -0.2) is 4.79 Å². The zero-order chi connectivity index (χ0) is 33.1. The van der Waals surface area contributed by atoms with Gasteiger partial charge in [0.25, 0.3) is 0 Å². The average Bonchev–Trinajstić information content (AvgIpc) is 3.01. The van der Waals surface area contributed by atoms with E-state index in [0.717, 1.165) is 50.6 Å². The number of amides is 2.